The third kappa shape index (κ3) is 5.31. The van der Waals surface area contributed by atoms with Crippen LogP contribution in [0.1, 0.15) is 26.1 Å². The third-order valence-corrected chi connectivity index (χ3v) is 2.02. The molecule has 0 aliphatic carbocycles. The van der Waals surface area contributed by atoms with Crippen molar-refractivity contribution in [1.82, 2.24) is 25.8 Å². The average molecular weight is 227 g/mol. The van der Waals surface area contributed by atoms with Crippen LogP contribution in [0.15, 0.2) is 6.33 Å². The fourth-order valence-electron chi connectivity index (χ4n) is 1.12. The first kappa shape index (κ1) is 11.9. The zero-order chi connectivity index (χ0) is 11.1. The zero-order valence-electron chi connectivity index (χ0n) is 9.08. The average Bonchev–Trinajstić information content (AvgIpc) is 2.63. The zero-order valence-corrected chi connectivity index (χ0v) is 9.90. The van der Waals surface area contributed by atoms with Crippen molar-refractivity contribution in [3.05, 3.63) is 12.2 Å². The fourth-order valence-corrected chi connectivity index (χ4v) is 1.46. The van der Waals surface area contributed by atoms with Gasteiger partial charge in [0.25, 0.3) is 0 Å². The molecule has 0 aromatic carbocycles. The molecular weight excluding hydrogens is 210 g/mol. The summed E-state index contributed by atoms with van der Waals surface area (Å²) in [6.07, 6.45) is 3.39. The van der Waals surface area contributed by atoms with Crippen molar-refractivity contribution >= 4 is 17.3 Å². The van der Waals surface area contributed by atoms with Crippen molar-refractivity contribution in [2.75, 3.05) is 6.54 Å². The predicted molar refractivity (Wildman–Crippen MR) is 63.6 cm³/mol. The largest absolute Gasteiger partial charge is 0.363 e. The Balaban J connectivity index is 2.04. The van der Waals surface area contributed by atoms with Gasteiger partial charge in [-0.2, -0.15) is 5.10 Å². The van der Waals surface area contributed by atoms with Crippen LogP contribution in [0.25, 0.3) is 0 Å². The number of nitrogens with one attached hydrogen (secondary N) is 3. The molecule has 0 saturated heterocycles. The second-order valence-corrected chi connectivity index (χ2v) is 4.00. The predicted octanol–water partition coefficient (Wildman–Crippen LogP) is 0.610. The monoisotopic (exact) mass is 227 g/mol. The number of aromatic nitrogens is 3. The lowest BCUT2D eigenvalue weighted by Crippen LogP contribution is -2.39. The molecule has 0 aliphatic heterocycles. The number of hydrogen-bond donors (Lipinski definition) is 3. The maximum Gasteiger partial charge on any atom is 0.166 e. The highest BCUT2D eigenvalue weighted by atomic mass is 32.1. The van der Waals surface area contributed by atoms with E-state index in [1.807, 2.05) is 0 Å². The Labute approximate surface area is 95.1 Å². The van der Waals surface area contributed by atoms with Gasteiger partial charge in [0.05, 0.1) is 0 Å². The van der Waals surface area contributed by atoms with Crippen molar-refractivity contribution in [3.8, 4) is 0 Å². The van der Waals surface area contributed by atoms with Crippen LogP contribution >= 0.6 is 12.2 Å². The van der Waals surface area contributed by atoms with E-state index in [0.29, 0.717) is 11.2 Å². The van der Waals surface area contributed by atoms with Gasteiger partial charge in [-0.3, -0.25) is 5.10 Å². The van der Waals surface area contributed by atoms with Crippen molar-refractivity contribution in [3.63, 3.8) is 0 Å². The lowest BCUT2D eigenvalue weighted by atomic mass is 10.3. The number of hydrogen-bond acceptors (Lipinski definition) is 3. The first-order valence-electron chi connectivity index (χ1n) is 5.07. The van der Waals surface area contributed by atoms with Crippen LogP contribution in [0.3, 0.4) is 0 Å². The highest BCUT2D eigenvalue weighted by Gasteiger charge is 1.98. The lowest BCUT2D eigenvalue weighted by Gasteiger charge is -2.12. The quantitative estimate of drug-likeness (QED) is 0.508. The van der Waals surface area contributed by atoms with Crippen LogP contribution in [0.2, 0.25) is 0 Å². The number of aromatic amines is 1. The first-order chi connectivity index (χ1) is 7.18. The van der Waals surface area contributed by atoms with Gasteiger partial charge in [-0.15, -0.1) is 0 Å². The summed E-state index contributed by atoms with van der Waals surface area (Å²) in [7, 11) is 0. The Morgan fingerprint density at radius 2 is 2.40 bits per heavy atom. The molecule has 0 atom stereocenters. The van der Waals surface area contributed by atoms with E-state index in [4.69, 9.17) is 12.2 Å². The summed E-state index contributed by atoms with van der Waals surface area (Å²) in [6, 6.07) is 0.374. The third-order valence-electron chi connectivity index (χ3n) is 1.76. The SMILES string of the molecule is CC(C)NC(=S)NCCCc1ncn[nH]1. The molecule has 5 nitrogen and oxygen atoms in total. The van der Waals surface area contributed by atoms with E-state index in [2.05, 4.69) is 39.7 Å². The van der Waals surface area contributed by atoms with E-state index in [9.17, 15) is 0 Å². The standard InChI is InChI=1S/C9H17N5S/c1-7(2)13-9(15)10-5-3-4-8-11-6-12-14-8/h6-7H,3-5H2,1-2H3,(H2,10,13,15)(H,11,12,14). The topological polar surface area (TPSA) is 65.6 Å². The second kappa shape index (κ2) is 6.34. The number of rotatable bonds is 5. The lowest BCUT2D eigenvalue weighted by molar-refractivity contribution is 0.691. The Morgan fingerprint density at radius 1 is 1.60 bits per heavy atom. The van der Waals surface area contributed by atoms with Crippen LogP contribution in [-0.2, 0) is 6.42 Å². The van der Waals surface area contributed by atoms with Gasteiger partial charge in [-0.1, -0.05) is 0 Å². The van der Waals surface area contributed by atoms with Gasteiger partial charge in [-0.25, -0.2) is 4.98 Å². The first-order valence-corrected chi connectivity index (χ1v) is 5.48. The van der Waals surface area contributed by atoms with Crippen LogP contribution in [0, 0.1) is 0 Å². The van der Waals surface area contributed by atoms with Gasteiger partial charge in [-0.05, 0) is 32.5 Å². The fraction of sp³-hybridized carbons (Fsp3) is 0.667. The van der Waals surface area contributed by atoms with E-state index < -0.39 is 0 Å². The van der Waals surface area contributed by atoms with E-state index in [0.717, 1.165) is 25.2 Å². The molecule has 3 N–H and O–H groups in total. The molecule has 15 heavy (non-hydrogen) atoms. The minimum absolute atomic E-state index is 0.374. The highest BCUT2D eigenvalue weighted by molar-refractivity contribution is 7.80. The smallest absolute Gasteiger partial charge is 0.166 e. The van der Waals surface area contributed by atoms with Gasteiger partial charge in [0.2, 0.25) is 0 Å². The Morgan fingerprint density at radius 3 is 3.00 bits per heavy atom. The molecule has 0 saturated carbocycles. The van der Waals surface area contributed by atoms with E-state index in [1.165, 1.54) is 6.33 Å². The molecule has 0 amide bonds. The summed E-state index contributed by atoms with van der Waals surface area (Å²) in [5.41, 5.74) is 0. The molecule has 1 heterocycles. The van der Waals surface area contributed by atoms with Crippen LogP contribution < -0.4 is 10.6 Å². The van der Waals surface area contributed by atoms with Crippen LogP contribution in [0.4, 0.5) is 0 Å². The molecule has 0 bridgehead atoms. The van der Waals surface area contributed by atoms with E-state index in [-0.39, 0.29) is 0 Å². The van der Waals surface area contributed by atoms with E-state index in [1.54, 1.807) is 0 Å². The van der Waals surface area contributed by atoms with Crippen molar-refractivity contribution in [2.45, 2.75) is 32.7 Å². The Kier molecular flexibility index (Phi) is 5.03. The minimum atomic E-state index is 0.374. The molecule has 0 fully saturated rings. The number of H-pyrrole nitrogens is 1. The molecule has 1 aromatic heterocycles. The summed E-state index contributed by atoms with van der Waals surface area (Å²) >= 11 is 5.09. The van der Waals surface area contributed by atoms with Crippen molar-refractivity contribution in [2.24, 2.45) is 0 Å². The molecule has 0 aliphatic rings. The summed E-state index contributed by atoms with van der Waals surface area (Å²) in [4.78, 5) is 4.04. The second-order valence-electron chi connectivity index (χ2n) is 3.59. The minimum Gasteiger partial charge on any atom is -0.363 e. The van der Waals surface area contributed by atoms with Gasteiger partial charge in [0, 0.05) is 19.0 Å². The molecular formula is C9H17N5S. The summed E-state index contributed by atoms with van der Waals surface area (Å²) in [5.74, 6) is 0.916. The summed E-state index contributed by atoms with van der Waals surface area (Å²) in [5, 5.41) is 13.6. The summed E-state index contributed by atoms with van der Waals surface area (Å²) in [6.45, 7) is 4.96. The molecule has 1 aromatic rings. The molecule has 84 valence electrons. The van der Waals surface area contributed by atoms with Gasteiger partial charge in [0.15, 0.2) is 5.11 Å². The molecule has 0 spiro atoms. The van der Waals surface area contributed by atoms with Gasteiger partial charge < -0.3 is 10.6 Å². The van der Waals surface area contributed by atoms with Crippen molar-refractivity contribution < 1.29 is 0 Å². The molecule has 0 unspecified atom stereocenters. The highest BCUT2D eigenvalue weighted by Crippen LogP contribution is 1.91. The number of nitrogens with zero attached hydrogens (tertiary/aromatic N) is 2. The van der Waals surface area contributed by atoms with Gasteiger partial charge in [0.1, 0.15) is 12.2 Å². The Bertz CT molecular complexity index is 283. The maximum atomic E-state index is 5.09. The summed E-state index contributed by atoms with van der Waals surface area (Å²) < 4.78 is 0. The molecule has 1 rings (SSSR count). The Hall–Kier alpha value is -1.17. The molecule has 0 radical (unpaired) electrons. The van der Waals surface area contributed by atoms with E-state index >= 15 is 0 Å². The number of thiocarbonyl (C=S) groups is 1. The number of aryl methyl sites for hydroxylation is 1. The van der Waals surface area contributed by atoms with Gasteiger partial charge >= 0.3 is 0 Å². The normalized spacial score (nSPS) is 10.3. The van der Waals surface area contributed by atoms with Crippen molar-refractivity contribution in [1.29, 1.82) is 0 Å². The van der Waals surface area contributed by atoms with Crippen LogP contribution in [0.5, 0.6) is 0 Å². The maximum absolute atomic E-state index is 5.09. The van der Waals surface area contributed by atoms with Crippen LogP contribution in [-0.4, -0.2) is 32.9 Å². The molecule has 6 heteroatoms.